The molecule has 73 heavy (non-hydrogen) atoms. The number of nitrogens with two attached hydrogens (primary N) is 1. The van der Waals surface area contributed by atoms with Crippen molar-refractivity contribution in [1.82, 2.24) is 34.7 Å². The Labute approximate surface area is 421 Å². The molecule has 2 aromatic heterocycles. The number of fused-ring (bicyclic) bond motifs is 5. The van der Waals surface area contributed by atoms with E-state index in [1.807, 2.05) is 38.1 Å². The van der Waals surface area contributed by atoms with Crippen LogP contribution in [-0.4, -0.2) is 138 Å². The number of carbonyl (C=O) groups excluding carboxylic acids is 2. The van der Waals surface area contributed by atoms with E-state index in [4.69, 9.17) is 29.5 Å². The first kappa shape index (κ1) is 54.6. The second kappa shape index (κ2) is 21.2. The van der Waals surface area contributed by atoms with Crippen LogP contribution in [0.2, 0.25) is 0 Å². The Bertz CT molecular complexity index is 3220. The van der Waals surface area contributed by atoms with Crippen molar-refractivity contribution in [3.8, 4) is 11.5 Å². The van der Waals surface area contributed by atoms with E-state index in [9.17, 15) is 56.4 Å². The van der Waals surface area contributed by atoms with Crippen molar-refractivity contribution >= 4 is 84.6 Å². The molecular weight excluding hydrogens is 1070 g/mol. The number of nitrogen functional groups attached to an aromatic ring is 1. The quantitative estimate of drug-likeness (QED) is 0.0243. The number of benzene rings is 2. The SMILES string of the molecule is CC[N+]1=c2cc3c(cc2CCC1)=Nc1cc2c(cc1O3)N(CCCC(=O)NCCNC(=O)O[C@H]1[C@@H](O)[C@H](n3cnc4c(N)ncnc43)O[C@@H]1COP(=O)(O)OP(=O)(O)OP(O)(O)=S)C(C)(C)CC2CS(=O)(=O)O. The summed E-state index contributed by atoms with van der Waals surface area (Å²) in [6, 6.07) is 7.71. The third kappa shape index (κ3) is 12.9. The third-order valence-electron chi connectivity index (χ3n) is 12.5. The molecule has 0 radical (unpaired) electrons. The Morgan fingerprint density at radius 3 is 2.52 bits per heavy atom. The molecule has 8 rings (SSSR count). The monoisotopic (exact) mass is 1120 g/mol. The molecular formula is C40H54N10O18P3S2+. The number of phosphoric ester groups is 1. The van der Waals surface area contributed by atoms with Gasteiger partial charge in [-0.2, -0.15) is 12.7 Å². The molecule has 3 unspecified atom stereocenters. The van der Waals surface area contributed by atoms with Gasteiger partial charge in [0.25, 0.3) is 10.1 Å². The number of imidazole rings is 1. The van der Waals surface area contributed by atoms with Gasteiger partial charge in [0.15, 0.2) is 35.3 Å². The molecule has 4 aliphatic heterocycles. The van der Waals surface area contributed by atoms with Crippen LogP contribution in [0.5, 0.6) is 11.5 Å². The van der Waals surface area contributed by atoms with E-state index in [-0.39, 0.29) is 42.4 Å². The van der Waals surface area contributed by atoms with Gasteiger partial charge in [0.2, 0.25) is 11.3 Å². The van der Waals surface area contributed by atoms with Gasteiger partial charge in [0, 0.05) is 61.2 Å². The van der Waals surface area contributed by atoms with Crippen molar-refractivity contribution in [2.45, 2.75) is 88.9 Å². The van der Waals surface area contributed by atoms with E-state index < -0.39 is 86.9 Å². The van der Waals surface area contributed by atoms with Crippen LogP contribution in [-0.2, 0) is 64.9 Å². The Kier molecular flexibility index (Phi) is 15.9. The highest BCUT2D eigenvalue weighted by molar-refractivity contribution is 8.08. The molecule has 0 saturated carbocycles. The maximum Gasteiger partial charge on any atom is 0.488 e. The van der Waals surface area contributed by atoms with Crippen molar-refractivity contribution in [2.24, 2.45) is 4.99 Å². The number of amides is 2. The molecule has 2 amide bonds. The fourth-order valence-electron chi connectivity index (χ4n) is 9.48. The minimum Gasteiger partial charge on any atom is -0.452 e. The highest BCUT2D eigenvalue weighted by Crippen LogP contribution is 2.66. The summed E-state index contributed by atoms with van der Waals surface area (Å²) < 4.78 is 93.2. The molecule has 10 N–H and O–H groups in total. The summed E-state index contributed by atoms with van der Waals surface area (Å²) in [5, 5.41) is 18.3. The fraction of sp³-hybridized carbons (Fsp3) is 0.525. The lowest BCUT2D eigenvalue weighted by molar-refractivity contribution is -0.121. The van der Waals surface area contributed by atoms with Gasteiger partial charge in [-0.25, -0.2) is 42.8 Å². The average molecular weight is 1120 g/mol. The van der Waals surface area contributed by atoms with Crippen LogP contribution in [0.1, 0.15) is 69.7 Å². The van der Waals surface area contributed by atoms with E-state index in [2.05, 4.69) is 62.4 Å². The van der Waals surface area contributed by atoms with Crippen molar-refractivity contribution < 1.29 is 83.7 Å². The number of alkyl carbamates (subject to hydrolysis) is 1. The maximum absolute atomic E-state index is 13.1. The van der Waals surface area contributed by atoms with Crippen LogP contribution in [0.25, 0.3) is 11.2 Å². The second-order valence-corrected chi connectivity index (χ2v) is 25.5. The first-order valence-electron chi connectivity index (χ1n) is 22.7. The first-order chi connectivity index (χ1) is 34.2. The zero-order chi connectivity index (χ0) is 52.8. The van der Waals surface area contributed by atoms with Gasteiger partial charge in [0.05, 0.1) is 24.8 Å². The number of anilines is 2. The highest BCUT2D eigenvalue weighted by atomic mass is 32.5. The van der Waals surface area contributed by atoms with Gasteiger partial charge < -0.3 is 60.2 Å². The number of aliphatic hydroxyl groups excluding tert-OH is 1. The van der Waals surface area contributed by atoms with E-state index in [1.165, 1.54) is 16.5 Å². The number of hydrogen-bond acceptors (Lipinski definition) is 20. The average Bonchev–Trinajstić information content (AvgIpc) is 3.84. The summed E-state index contributed by atoms with van der Waals surface area (Å²) >= 11 is 4.10. The number of ether oxygens (including phenoxy) is 3. The summed E-state index contributed by atoms with van der Waals surface area (Å²) in [4.78, 5) is 83.5. The number of hydrogen-bond donors (Lipinski definition) is 9. The number of phosphoric acid groups is 2. The van der Waals surface area contributed by atoms with Gasteiger partial charge in [-0.3, -0.25) is 18.4 Å². The summed E-state index contributed by atoms with van der Waals surface area (Å²) in [6.07, 6.45) is -2.71. The first-order valence-corrected chi connectivity index (χ1v) is 29.9. The molecule has 0 spiro atoms. The van der Waals surface area contributed by atoms with Crippen LogP contribution in [0.4, 0.5) is 22.0 Å². The summed E-state index contributed by atoms with van der Waals surface area (Å²) in [7, 11) is -15.7. The lowest BCUT2D eigenvalue weighted by atomic mass is 9.79. The molecule has 6 heterocycles. The van der Waals surface area contributed by atoms with Crippen LogP contribution in [0.15, 0.2) is 41.9 Å². The number of nitrogens with zero attached hydrogens (tertiary/aromatic N) is 7. The van der Waals surface area contributed by atoms with Gasteiger partial charge >= 0.3 is 28.5 Å². The predicted molar refractivity (Wildman–Crippen MR) is 260 cm³/mol. The lowest BCUT2D eigenvalue weighted by Crippen LogP contribution is -2.50. The number of aryl methyl sites for hydroxylation is 1. The molecule has 33 heteroatoms. The topological polar surface area (TPSA) is 391 Å². The van der Waals surface area contributed by atoms with Crippen LogP contribution in [0, 0.1) is 0 Å². The number of aliphatic hydroxyl groups is 1. The molecule has 398 valence electrons. The Morgan fingerprint density at radius 1 is 1.04 bits per heavy atom. The molecule has 0 aliphatic carbocycles. The Balaban J connectivity index is 0.890. The summed E-state index contributed by atoms with van der Waals surface area (Å²) in [5.74, 6) is -0.377. The van der Waals surface area contributed by atoms with Crippen molar-refractivity contribution in [1.29, 1.82) is 0 Å². The second-order valence-electron chi connectivity index (χ2n) is 18.1. The van der Waals surface area contributed by atoms with Gasteiger partial charge in [-0.1, -0.05) is 0 Å². The highest BCUT2D eigenvalue weighted by Gasteiger charge is 2.50. The Morgan fingerprint density at radius 2 is 1.79 bits per heavy atom. The molecule has 0 bridgehead atoms. The summed E-state index contributed by atoms with van der Waals surface area (Å²) in [5.41, 5.74) is 8.50. The van der Waals surface area contributed by atoms with Crippen molar-refractivity contribution in [3.63, 3.8) is 0 Å². The zero-order valence-electron chi connectivity index (χ0n) is 39.3. The molecule has 7 atom stereocenters. The van der Waals surface area contributed by atoms with E-state index in [0.29, 0.717) is 53.2 Å². The standard InChI is InChI=1S/C40H53N10O18P3S2/c1-4-48-11-5-7-22-13-25-29(15-27(22)48)64-30-16-28-24(14-26(30)47-25)23(19-73(60,61)62)17-40(2,3)50(28)12-6-8-32(51)42-9-10-43-39(53)66-35-31(18-63-69(54,55)67-70(56,57)68-71(58,59)72)65-38(34(35)52)49-21-46-33-36(41)44-20-45-37(33)49/h13-16,20-21,23,31,34-35,38,52H,4-12,17-19H2,1-3H3,(H8-,41,42,43,44,45,51,53,54,55,56,57,58,59,60,61,62,72)/p+1/t23?,31-,34-,35-,38-/m1/s1. The minimum absolute atomic E-state index is 0.0230. The smallest absolute Gasteiger partial charge is 0.452 e. The van der Waals surface area contributed by atoms with Crippen LogP contribution in [0.3, 0.4) is 0 Å². The molecule has 4 aromatic rings. The van der Waals surface area contributed by atoms with Gasteiger partial charge in [-0.05, 0) is 69.5 Å². The molecule has 1 saturated heterocycles. The van der Waals surface area contributed by atoms with Gasteiger partial charge in [0.1, 0.15) is 48.2 Å². The van der Waals surface area contributed by atoms with Crippen molar-refractivity contribution in [2.75, 3.05) is 55.7 Å². The molecule has 1 fully saturated rings. The molecule has 2 aromatic carbocycles. The molecule has 4 aliphatic rings. The fourth-order valence-corrected chi connectivity index (χ4v) is 14.1. The number of carbonyl (C=O) groups is 2. The van der Waals surface area contributed by atoms with Crippen LogP contribution < -0.4 is 41.3 Å². The Hall–Kier alpha value is -4.61. The number of aromatic nitrogens is 4. The van der Waals surface area contributed by atoms with E-state index >= 15 is 0 Å². The van der Waals surface area contributed by atoms with E-state index in [1.54, 1.807) is 0 Å². The zero-order valence-corrected chi connectivity index (χ0v) is 43.6. The lowest BCUT2D eigenvalue weighted by Gasteiger charge is -2.48. The third-order valence-corrected chi connectivity index (χ3v) is 17.7. The normalized spacial score (nSPS) is 22.9. The number of nitrogens with one attached hydrogen (secondary N) is 2. The molecule has 28 nitrogen and oxygen atoms in total. The number of rotatable bonds is 19. The van der Waals surface area contributed by atoms with Crippen molar-refractivity contribution in [3.05, 3.63) is 58.8 Å². The maximum atomic E-state index is 13.1. The minimum atomic E-state index is -5.69. The summed E-state index contributed by atoms with van der Waals surface area (Å²) in [6.45, 7) is 1.96. The van der Waals surface area contributed by atoms with E-state index in [0.717, 1.165) is 37.6 Å². The van der Waals surface area contributed by atoms with Crippen LogP contribution >= 0.6 is 22.4 Å². The predicted octanol–water partition coefficient (Wildman–Crippen LogP) is 1.29. The largest absolute Gasteiger partial charge is 0.488 e. The van der Waals surface area contributed by atoms with Gasteiger partial charge in [-0.15, -0.1) is 0 Å².